The Hall–Kier alpha value is -3.62. The van der Waals surface area contributed by atoms with Crippen molar-refractivity contribution in [2.75, 3.05) is 5.73 Å². The van der Waals surface area contributed by atoms with Gasteiger partial charge in [-0.05, 0) is 30.7 Å². The third kappa shape index (κ3) is 3.97. The molecule has 0 aliphatic carbocycles. The second-order valence-corrected chi connectivity index (χ2v) is 4.67. The molecular weight excluding hydrogens is 316 g/mol. The normalized spacial score (nSPS) is 11.6. The minimum atomic E-state index is -0.821. The molecule has 1 aromatic carbocycles. The zero-order valence-corrected chi connectivity index (χ0v) is 12.6. The van der Waals surface area contributed by atoms with Crippen molar-refractivity contribution in [1.29, 1.82) is 0 Å². The number of carbonyl (C=O) groups excluding carboxylic acids is 1. The number of hydrogen-bond acceptors (Lipinski definition) is 7. The number of nitrogen functional groups attached to an aromatic ring is 1. The Morgan fingerprint density at radius 1 is 1.38 bits per heavy atom. The van der Waals surface area contributed by atoms with Crippen molar-refractivity contribution in [3.63, 3.8) is 0 Å². The average molecular weight is 330 g/mol. The van der Waals surface area contributed by atoms with Crippen molar-refractivity contribution < 1.29 is 19.0 Å². The number of oxime groups is 1. The minimum Gasteiger partial charge on any atom is -0.401 e. The standard InChI is InChI=1S/C15H14N4O5/c1-9-11(3-2-4-12(9)16)15(17)18-24-14(20)8-6-10-5-7-13(23-10)19(21)22/h2-8H,16H2,1H3,(H2,17,18)/b8-6+. The van der Waals surface area contributed by atoms with Crippen LogP contribution in [0.2, 0.25) is 0 Å². The summed E-state index contributed by atoms with van der Waals surface area (Å²) in [5.74, 6) is -1.13. The molecule has 0 spiro atoms. The first-order chi connectivity index (χ1) is 11.4. The maximum absolute atomic E-state index is 11.6. The van der Waals surface area contributed by atoms with Crippen molar-refractivity contribution >= 4 is 29.5 Å². The zero-order chi connectivity index (χ0) is 17.7. The zero-order valence-electron chi connectivity index (χ0n) is 12.6. The highest BCUT2D eigenvalue weighted by atomic mass is 16.7. The number of anilines is 1. The van der Waals surface area contributed by atoms with Crippen molar-refractivity contribution in [2.24, 2.45) is 10.9 Å². The SMILES string of the molecule is Cc1c(N)cccc1/C(N)=N/OC(=O)/C=C/c1ccc([N+](=O)[O-])o1. The number of furan rings is 1. The van der Waals surface area contributed by atoms with E-state index in [1.54, 1.807) is 25.1 Å². The summed E-state index contributed by atoms with van der Waals surface area (Å²) in [6, 6.07) is 7.62. The van der Waals surface area contributed by atoms with Crippen molar-refractivity contribution in [3.05, 3.63) is 63.4 Å². The van der Waals surface area contributed by atoms with Crippen LogP contribution < -0.4 is 11.5 Å². The van der Waals surface area contributed by atoms with E-state index in [0.717, 1.165) is 6.08 Å². The first kappa shape index (κ1) is 16.7. The van der Waals surface area contributed by atoms with Gasteiger partial charge in [0.15, 0.2) is 5.84 Å². The number of nitrogens with zero attached hydrogens (tertiary/aromatic N) is 2. The van der Waals surface area contributed by atoms with Crippen LogP contribution in [0.25, 0.3) is 6.08 Å². The van der Waals surface area contributed by atoms with E-state index in [0.29, 0.717) is 16.8 Å². The van der Waals surface area contributed by atoms with Crippen molar-refractivity contribution in [3.8, 4) is 0 Å². The molecule has 2 rings (SSSR count). The number of amidine groups is 1. The lowest BCUT2D eigenvalue weighted by Crippen LogP contribution is -2.16. The van der Waals surface area contributed by atoms with Gasteiger partial charge < -0.3 is 20.7 Å². The molecule has 0 aliphatic rings. The molecule has 1 aromatic heterocycles. The largest absolute Gasteiger partial charge is 0.433 e. The van der Waals surface area contributed by atoms with E-state index < -0.39 is 16.8 Å². The summed E-state index contributed by atoms with van der Waals surface area (Å²) in [6.45, 7) is 1.76. The summed E-state index contributed by atoms with van der Waals surface area (Å²) in [5.41, 5.74) is 13.3. The molecule has 0 amide bonds. The molecule has 0 saturated carbocycles. The average Bonchev–Trinajstić information content (AvgIpc) is 3.02. The summed E-state index contributed by atoms with van der Waals surface area (Å²) in [5, 5.41) is 14.0. The summed E-state index contributed by atoms with van der Waals surface area (Å²) in [7, 11) is 0. The number of benzene rings is 1. The van der Waals surface area contributed by atoms with E-state index in [-0.39, 0.29) is 11.6 Å². The Morgan fingerprint density at radius 3 is 2.79 bits per heavy atom. The molecule has 24 heavy (non-hydrogen) atoms. The predicted octanol–water partition coefficient (Wildman–Crippen LogP) is 1.96. The summed E-state index contributed by atoms with van der Waals surface area (Å²) < 4.78 is 4.85. The fraction of sp³-hybridized carbons (Fsp3) is 0.0667. The number of nitrogens with two attached hydrogens (primary N) is 2. The van der Waals surface area contributed by atoms with Gasteiger partial charge in [-0.25, -0.2) is 4.79 Å². The number of carbonyl (C=O) groups is 1. The van der Waals surface area contributed by atoms with Gasteiger partial charge in [-0.2, -0.15) is 0 Å². The summed E-state index contributed by atoms with van der Waals surface area (Å²) in [6.07, 6.45) is 2.22. The lowest BCUT2D eigenvalue weighted by atomic mass is 10.1. The highest BCUT2D eigenvalue weighted by Gasteiger charge is 2.10. The topological polar surface area (TPSA) is 147 Å². The first-order valence-corrected chi connectivity index (χ1v) is 6.70. The van der Waals surface area contributed by atoms with E-state index in [9.17, 15) is 14.9 Å². The highest BCUT2D eigenvalue weighted by molar-refractivity contribution is 6.00. The lowest BCUT2D eigenvalue weighted by Gasteiger charge is -2.06. The van der Waals surface area contributed by atoms with Gasteiger partial charge in [-0.15, -0.1) is 0 Å². The van der Waals surface area contributed by atoms with Crippen LogP contribution in [0, 0.1) is 17.0 Å². The maximum atomic E-state index is 11.6. The van der Waals surface area contributed by atoms with Crippen molar-refractivity contribution in [2.45, 2.75) is 6.92 Å². The van der Waals surface area contributed by atoms with Gasteiger partial charge in [-0.3, -0.25) is 10.1 Å². The second-order valence-electron chi connectivity index (χ2n) is 4.67. The predicted molar refractivity (Wildman–Crippen MR) is 86.8 cm³/mol. The molecular formula is C15H14N4O5. The van der Waals surface area contributed by atoms with E-state index >= 15 is 0 Å². The first-order valence-electron chi connectivity index (χ1n) is 6.70. The van der Waals surface area contributed by atoms with Gasteiger partial charge in [0.25, 0.3) is 0 Å². The number of rotatable bonds is 5. The smallest absolute Gasteiger partial charge is 0.401 e. The van der Waals surface area contributed by atoms with Gasteiger partial charge >= 0.3 is 11.9 Å². The molecule has 0 aliphatic heterocycles. The van der Waals surface area contributed by atoms with E-state index in [1.165, 1.54) is 18.2 Å². The highest BCUT2D eigenvalue weighted by Crippen LogP contribution is 2.17. The maximum Gasteiger partial charge on any atom is 0.433 e. The Kier molecular flexibility index (Phi) is 4.95. The second kappa shape index (κ2) is 7.09. The Balaban J connectivity index is 2.02. The van der Waals surface area contributed by atoms with E-state index in [1.807, 2.05) is 0 Å². The molecule has 1 heterocycles. The van der Waals surface area contributed by atoms with Gasteiger partial charge in [0.05, 0.1) is 6.07 Å². The molecule has 9 heteroatoms. The molecule has 2 aromatic rings. The molecule has 0 saturated heterocycles. The fourth-order valence-corrected chi connectivity index (χ4v) is 1.78. The van der Waals surface area contributed by atoms with Crippen LogP contribution in [0.1, 0.15) is 16.9 Å². The lowest BCUT2D eigenvalue weighted by molar-refractivity contribution is -0.402. The molecule has 0 unspecified atom stereocenters. The molecule has 0 atom stereocenters. The Bertz CT molecular complexity index is 838. The Morgan fingerprint density at radius 2 is 2.12 bits per heavy atom. The van der Waals surface area contributed by atoms with Crippen molar-refractivity contribution in [1.82, 2.24) is 0 Å². The van der Waals surface area contributed by atoms with Gasteiger partial charge in [-0.1, -0.05) is 17.3 Å². The monoisotopic (exact) mass is 330 g/mol. The summed E-state index contributed by atoms with van der Waals surface area (Å²) >= 11 is 0. The van der Waals surface area contributed by atoms with Crippen LogP contribution in [0.4, 0.5) is 11.6 Å². The number of hydrogen-bond donors (Lipinski definition) is 2. The van der Waals surface area contributed by atoms with Gasteiger partial charge in [0.2, 0.25) is 0 Å². The Labute approximate surface area is 136 Å². The van der Waals surface area contributed by atoms with Gasteiger partial charge in [0, 0.05) is 17.3 Å². The van der Waals surface area contributed by atoms with Crippen LogP contribution in [-0.2, 0) is 9.63 Å². The molecule has 4 N–H and O–H groups in total. The van der Waals surface area contributed by atoms with Crippen LogP contribution in [0.5, 0.6) is 0 Å². The van der Waals surface area contributed by atoms with E-state index in [4.69, 9.17) is 15.9 Å². The fourth-order valence-electron chi connectivity index (χ4n) is 1.78. The van der Waals surface area contributed by atoms with Gasteiger partial charge in [0.1, 0.15) is 10.7 Å². The molecule has 124 valence electrons. The molecule has 0 bridgehead atoms. The third-order valence-corrected chi connectivity index (χ3v) is 3.06. The molecule has 0 fully saturated rings. The van der Waals surface area contributed by atoms with Crippen LogP contribution in [0.3, 0.4) is 0 Å². The molecule has 0 radical (unpaired) electrons. The van der Waals surface area contributed by atoms with E-state index in [2.05, 4.69) is 9.99 Å². The van der Waals surface area contributed by atoms with Crippen LogP contribution in [0.15, 0.2) is 46.0 Å². The number of nitro groups is 1. The quantitative estimate of drug-likeness (QED) is 0.162. The summed E-state index contributed by atoms with van der Waals surface area (Å²) in [4.78, 5) is 26.0. The molecule has 9 nitrogen and oxygen atoms in total. The van der Waals surface area contributed by atoms with Crippen LogP contribution >= 0.6 is 0 Å². The minimum absolute atomic E-state index is 0.00446. The third-order valence-electron chi connectivity index (χ3n) is 3.06. The van der Waals surface area contributed by atoms with Crippen LogP contribution in [-0.4, -0.2) is 16.7 Å².